The summed E-state index contributed by atoms with van der Waals surface area (Å²) >= 11 is 0. The molecule has 1 aromatic heterocycles. The van der Waals surface area contributed by atoms with Crippen LogP contribution in [0.15, 0.2) is 67.0 Å². The van der Waals surface area contributed by atoms with Crippen LogP contribution in [0.5, 0.6) is 5.75 Å². The topological polar surface area (TPSA) is 87.0 Å². The van der Waals surface area contributed by atoms with Gasteiger partial charge >= 0.3 is 0 Å². The Bertz CT molecular complexity index is 1010. The number of rotatable bonds is 6. The van der Waals surface area contributed by atoms with Crippen molar-refractivity contribution in [1.82, 2.24) is 4.98 Å². The summed E-state index contributed by atoms with van der Waals surface area (Å²) in [6, 6.07) is 18.1. The molecule has 28 heavy (non-hydrogen) atoms. The van der Waals surface area contributed by atoms with Gasteiger partial charge in [-0.1, -0.05) is 12.1 Å². The molecule has 0 saturated heterocycles. The zero-order valence-corrected chi connectivity index (χ0v) is 15.6. The normalized spacial score (nSPS) is 10.2. The molecule has 0 saturated carbocycles. The number of nitrogens with one attached hydrogen (secondary N) is 2. The highest BCUT2D eigenvalue weighted by atomic mass is 16.5. The molecule has 1 amide bonds. The zero-order valence-electron chi connectivity index (χ0n) is 15.6. The second-order valence-corrected chi connectivity index (χ2v) is 6.39. The number of aromatic nitrogens is 1. The maximum absolute atomic E-state index is 12.7. The Labute approximate surface area is 163 Å². The van der Waals surface area contributed by atoms with Gasteiger partial charge in [0.15, 0.2) is 0 Å². The lowest BCUT2D eigenvalue weighted by Gasteiger charge is -2.15. The predicted octanol–water partition coefficient (Wildman–Crippen LogP) is 4.74. The van der Waals surface area contributed by atoms with Crippen molar-refractivity contribution < 1.29 is 9.53 Å². The number of hydrogen-bond acceptors (Lipinski definition) is 5. The number of carbonyl (C=O) groups is 1. The molecule has 6 heteroatoms. The fraction of sp³-hybridized carbons (Fsp3) is 0.136. The number of nitrogens with zero attached hydrogens (tertiary/aromatic N) is 2. The highest BCUT2D eigenvalue weighted by Gasteiger charge is 2.12. The van der Waals surface area contributed by atoms with E-state index in [4.69, 9.17) is 10.00 Å². The molecule has 0 spiro atoms. The van der Waals surface area contributed by atoms with E-state index in [1.165, 1.54) is 6.20 Å². The van der Waals surface area contributed by atoms with Gasteiger partial charge in [-0.2, -0.15) is 5.26 Å². The van der Waals surface area contributed by atoms with Crippen molar-refractivity contribution in [3.8, 4) is 11.8 Å². The molecule has 0 fully saturated rings. The second-order valence-electron chi connectivity index (χ2n) is 6.39. The highest BCUT2D eigenvalue weighted by Crippen LogP contribution is 2.26. The van der Waals surface area contributed by atoms with E-state index in [9.17, 15) is 4.79 Å². The molecule has 6 nitrogen and oxygen atoms in total. The molecule has 0 aliphatic heterocycles. The van der Waals surface area contributed by atoms with E-state index in [-0.39, 0.29) is 12.0 Å². The molecule has 0 unspecified atom stereocenters. The Morgan fingerprint density at radius 3 is 2.54 bits per heavy atom. The molecule has 2 aromatic carbocycles. The molecule has 0 aliphatic carbocycles. The quantitative estimate of drug-likeness (QED) is 0.653. The van der Waals surface area contributed by atoms with E-state index in [1.807, 2.05) is 32.0 Å². The molecule has 1 heterocycles. The standard InChI is InChI=1S/C22H20N4O2/c1-15(2)28-21-6-4-3-5-20(21)26-22(27)17-11-19(14-24-13-17)25-18-9-7-16(12-23)8-10-18/h3-11,13-15,25H,1-2H3,(H,26,27). The van der Waals surface area contributed by atoms with Crippen molar-refractivity contribution in [2.24, 2.45) is 0 Å². The lowest BCUT2D eigenvalue weighted by atomic mass is 10.2. The Kier molecular flexibility index (Phi) is 5.87. The van der Waals surface area contributed by atoms with Gasteiger partial charge in [-0.25, -0.2) is 0 Å². The number of nitriles is 1. The lowest BCUT2D eigenvalue weighted by Crippen LogP contribution is -2.15. The number of amides is 1. The average molecular weight is 372 g/mol. The Balaban J connectivity index is 1.75. The molecule has 3 rings (SSSR count). The average Bonchev–Trinajstić information content (AvgIpc) is 2.70. The predicted molar refractivity (Wildman–Crippen MR) is 109 cm³/mol. The number of ether oxygens (including phenoxy) is 1. The molecular formula is C22H20N4O2. The van der Waals surface area contributed by atoms with Crippen molar-refractivity contribution in [2.45, 2.75) is 20.0 Å². The first-order chi connectivity index (χ1) is 13.5. The first kappa shape index (κ1) is 18.9. The summed E-state index contributed by atoms with van der Waals surface area (Å²) in [5.41, 5.74) is 3.07. The van der Waals surface area contributed by atoms with Crippen LogP contribution in [0.3, 0.4) is 0 Å². The van der Waals surface area contributed by atoms with E-state index in [1.54, 1.807) is 42.6 Å². The molecule has 3 aromatic rings. The van der Waals surface area contributed by atoms with E-state index in [2.05, 4.69) is 21.7 Å². The van der Waals surface area contributed by atoms with Crippen LogP contribution in [0.25, 0.3) is 0 Å². The molecule has 140 valence electrons. The maximum Gasteiger partial charge on any atom is 0.257 e. The minimum Gasteiger partial charge on any atom is -0.489 e. The molecule has 2 N–H and O–H groups in total. The summed E-state index contributed by atoms with van der Waals surface area (Å²) in [5, 5.41) is 14.9. The highest BCUT2D eigenvalue weighted by molar-refractivity contribution is 6.05. The van der Waals surface area contributed by atoms with E-state index < -0.39 is 0 Å². The van der Waals surface area contributed by atoms with Crippen molar-refractivity contribution in [3.63, 3.8) is 0 Å². The van der Waals surface area contributed by atoms with Crippen LogP contribution >= 0.6 is 0 Å². The summed E-state index contributed by atoms with van der Waals surface area (Å²) in [6.07, 6.45) is 3.13. The van der Waals surface area contributed by atoms with Crippen LogP contribution < -0.4 is 15.4 Å². The summed E-state index contributed by atoms with van der Waals surface area (Å²) < 4.78 is 5.74. The lowest BCUT2D eigenvalue weighted by molar-refractivity contribution is 0.102. The fourth-order valence-corrected chi connectivity index (χ4v) is 2.55. The minimum atomic E-state index is -0.282. The van der Waals surface area contributed by atoms with E-state index in [0.29, 0.717) is 28.3 Å². The van der Waals surface area contributed by atoms with Crippen molar-refractivity contribution >= 4 is 23.0 Å². The summed E-state index contributed by atoms with van der Waals surface area (Å²) in [6.45, 7) is 3.86. The van der Waals surface area contributed by atoms with Crippen LogP contribution in [0.2, 0.25) is 0 Å². The maximum atomic E-state index is 12.7. The van der Waals surface area contributed by atoms with Gasteiger partial charge in [0.1, 0.15) is 5.75 Å². The third-order valence-corrected chi connectivity index (χ3v) is 3.80. The van der Waals surface area contributed by atoms with Gasteiger partial charge in [0.25, 0.3) is 5.91 Å². The molecular weight excluding hydrogens is 352 g/mol. The van der Waals surface area contributed by atoms with Crippen LogP contribution in [0, 0.1) is 11.3 Å². The van der Waals surface area contributed by atoms with Gasteiger partial charge in [0.2, 0.25) is 0 Å². The van der Waals surface area contributed by atoms with Gasteiger partial charge in [0.05, 0.1) is 40.9 Å². The zero-order chi connectivity index (χ0) is 19.9. The SMILES string of the molecule is CC(C)Oc1ccccc1NC(=O)c1cncc(Nc2ccc(C#N)cc2)c1. The van der Waals surface area contributed by atoms with Crippen LogP contribution in [0.1, 0.15) is 29.8 Å². The Hall–Kier alpha value is -3.85. The number of benzene rings is 2. The molecule has 0 radical (unpaired) electrons. The van der Waals surface area contributed by atoms with Gasteiger partial charge in [-0.15, -0.1) is 0 Å². The first-order valence-corrected chi connectivity index (χ1v) is 8.84. The van der Waals surface area contributed by atoms with Gasteiger partial charge < -0.3 is 15.4 Å². The number of carbonyl (C=O) groups excluding carboxylic acids is 1. The summed E-state index contributed by atoms with van der Waals surface area (Å²) in [5.74, 6) is 0.335. The second kappa shape index (κ2) is 8.69. The van der Waals surface area contributed by atoms with Crippen LogP contribution in [-0.2, 0) is 0 Å². The van der Waals surface area contributed by atoms with Crippen molar-refractivity contribution in [1.29, 1.82) is 5.26 Å². The summed E-state index contributed by atoms with van der Waals surface area (Å²) in [7, 11) is 0. The summed E-state index contributed by atoms with van der Waals surface area (Å²) in [4.78, 5) is 16.8. The van der Waals surface area contributed by atoms with Gasteiger partial charge in [0, 0.05) is 11.9 Å². The van der Waals surface area contributed by atoms with E-state index >= 15 is 0 Å². The molecule has 0 atom stereocenters. The minimum absolute atomic E-state index is 0.000307. The van der Waals surface area contributed by atoms with Crippen molar-refractivity contribution in [3.05, 3.63) is 78.1 Å². The molecule has 0 aliphatic rings. The van der Waals surface area contributed by atoms with Crippen LogP contribution in [-0.4, -0.2) is 17.0 Å². The van der Waals surface area contributed by atoms with Crippen LogP contribution in [0.4, 0.5) is 17.1 Å². The Morgan fingerprint density at radius 1 is 1.07 bits per heavy atom. The largest absolute Gasteiger partial charge is 0.489 e. The third kappa shape index (κ3) is 4.86. The fourth-order valence-electron chi connectivity index (χ4n) is 2.55. The van der Waals surface area contributed by atoms with Gasteiger partial charge in [-0.05, 0) is 56.3 Å². The monoisotopic (exact) mass is 372 g/mol. The van der Waals surface area contributed by atoms with Gasteiger partial charge in [-0.3, -0.25) is 9.78 Å². The smallest absolute Gasteiger partial charge is 0.257 e. The molecule has 0 bridgehead atoms. The van der Waals surface area contributed by atoms with E-state index in [0.717, 1.165) is 5.69 Å². The first-order valence-electron chi connectivity index (χ1n) is 8.84. The van der Waals surface area contributed by atoms with Crippen molar-refractivity contribution in [2.75, 3.05) is 10.6 Å². The Morgan fingerprint density at radius 2 is 1.82 bits per heavy atom. The number of hydrogen-bond donors (Lipinski definition) is 2. The number of para-hydroxylation sites is 2. The number of anilines is 3. The number of pyridine rings is 1. The third-order valence-electron chi connectivity index (χ3n) is 3.80.